The van der Waals surface area contributed by atoms with Gasteiger partial charge in [0.1, 0.15) is 0 Å². The quantitative estimate of drug-likeness (QED) is 0.364. The molecule has 1 N–H and O–H groups in total. The normalized spacial score (nSPS) is 46.1. The molecule has 192 valence electrons. The lowest BCUT2D eigenvalue weighted by atomic mass is 9.48. The summed E-state index contributed by atoms with van der Waals surface area (Å²) in [5.41, 5.74) is 0.146. The van der Waals surface area contributed by atoms with Gasteiger partial charge in [0.15, 0.2) is 14.1 Å². The molecule has 0 radical (unpaired) electrons. The molecule has 1 saturated heterocycles. The number of hydrogen-bond donors (Lipinski definition) is 1. The van der Waals surface area contributed by atoms with Gasteiger partial charge in [0.25, 0.3) is 0 Å². The monoisotopic (exact) mass is 488 g/mol. The van der Waals surface area contributed by atoms with E-state index in [1.165, 1.54) is 38.5 Å². The van der Waals surface area contributed by atoms with Gasteiger partial charge in [-0.15, -0.1) is 0 Å². The molecule has 6 saturated carbocycles. The second-order valence-electron chi connectivity index (χ2n) is 14.8. The second-order valence-corrected chi connectivity index (χ2v) is 19.5. The number of hydrogen-bond acceptors (Lipinski definition) is 4. The SMILES string of the molecule is CC(C)(C)[Si](C)(C)O[C@@H]1C[C@H]2CC3(C[C@H]2[C@H]1/C=C/[C@H](O)C12CC4CC(CC(C4)C1)C2)OCCO3. The fraction of sp³-hybridized carbons (Fsp3) is 0.931. The van der Waals surface area contributed by atoms with E-state index in [-0.39, 0.29) is 28.4 Å². The number of ether oxygens (including phenoxy) is 2. The molecule has 6 aliphatic carbocycles. The van der Waals surface area contributed by atoms with Gasteiger partial charge in [-0.25, -0.2) is 0 Å². The molecule has 4 nitrogen and oxygen atoms in total. The Kier molecular flexibility index (Phi) is 5.79. The van der Waals surface area contributed by atoms with E-state index in [1.807, 2.05) is 0 Å². The van der Waals surface area contributed by atoms with Gasteiger partial charge in [-0.05, 0) is 92.7 Å². The average molecular weight is 489 g/mol. The summed E-state index contributed by atoms with van der Waals surface area (Å²) in [4.78, 5) is 0. The number of aliphatic hydroxyl groups is 1. The fourth-order valence-electron chi connectivity index (χ4n) is 9.26. The number of rotatable bonds is 5. The first kappa shape index (κ1) is 24.2. The third kappa shape index (κ3) is 4.00. The molecule has 1 aliphatic heterocycles. The maximum Gasteiger partial charge on any atom is 0.192 e. The van der Waals surface area contributed by atoms with Crippen LogP contribution >= 0.6 is 0 Å². The first-order valence-corrected chi connectivity index (χ1v) is 17.2. The van der Waals surface area contributed by atoms with Crippen molar-refractivity contribution in [1.82, 2.24) is 0 Å². The highest BCUT2D eigenvalue weighted by Crippen LogP contribution is 2.62. The van der Waals surface area contributed by atoms with Gasteiger partial charge in [-0.1, -0.05) is 32.9 Å². The molecule has 7 fully saturated rings. The van der Waals surface area contributed by atoms with Gasteiger partial charge in [0.2, 0.25) is 0 Å². The van der Waals surface area contributed by atoms with Crippen LogP contribution in [-0.4, -0.2) is 44.6 Å². The standard InChI is InChI=1S/C29H48O4Si/c1-27(2,3)34(4,5)33-25-13-22-17-29(31-8-9-32-29)18-24(22)23(25)6-7-26(30)28-14-19-10-20(15-28)12-21(11-19)16-28/h6-7,19-26,30H,8-18H2,1-5H3/b7-6+/t19?,20?,21?,22-,23+,24+,25+,26-,28?/m0/s1. The van der Waals surface area contributed by atoms with Gasteiger partial charge >= 0.3 is 0 Å². The van der Waals surface area contributed by atoms with E-state index in [1.54, 1.807) is 0 Å². The van der Waals surface area contributed by atoms with Crippen molar-refractivity contribution in [2.24, 2.45) is 40.9 Å². The summed E-state index contributed by atoms with van der Waals surface area (Å²) in [6.45, 7) is 13.3. The van der Waals surface area contributed by atoms with Crippen LogP contribution in [0.4, 0.5) is 0 Å². The van der Waals surface area contributed by atoms with Gasteiger partial charge in [-0.3, -0.25) is 0 Å². The van der Waals surface area contributed by atoms with E-state index in [4.69, 9.17) is 13.9 Å². The fourth-order valence-corrected chi connectivity index (χ4v) is 10.6. The van der Waals surface area contributed by atoms with Crippen LogP contribution in [0.25, 0.3) is 0 Å². The molecule has 0 aromatic heterocycles. The molecule has 1 spiro atoms. The summed E-state index contributed by atoms with van der Waals surface area (Å²) < 4.78 is 19.3. The van der Waals surface area contributed by atoms with Crippen LogP contribution in [0, 0.1) is 40.9 Å². The Morgan fingerprint density at radius 2 is 1.50 bits per heavy atom. The first-order chi connectivity index (χ1) is 16.0. The molecule has 7 rings (SSSR count). The Morgan fingerprint density at radius 1 is 0.912 bits per heavy atom. The van der Waals surface area contributed by atoms with Crippen LogP contribution in [0.2, 0.25) is 18.1 Å². The number of aliphatic hydroxyl groups excluding tert-OH is 1. The Bertz CT molecular complexity index is 772. The van der Waals surface area contributed by atoms with E-state index >= 15 is 0 Å². The van der Waals surface area contributed by atoms with E-state index in [0.717, 1.165) is 50.2 Å². The van der Waals surface area contributed by atoms with Crippen molar-refractivity contribution in [3.05, 3.63) is 12.2 Å². The van der Waals surface area contributed by atoms with Gasteiger partial charge in [-0.2, -0.15) is 0 Å². The maximum absolute atomic E-state index is 11.6. The van der Waals surface area contributed by atoms with Crippen molar-refractivity contribution in [2.45, 2.75) is 115 Å². The Balaban J connectivity index is 1.23. The molecule has 0 unspecified atom stereocenters. The highest BCUT2D eigenvalue weighted by Gasteiger charge is 2.58. The van der Waals surface area contributed by atoms with Gasteiger partial charge in [0.05, 0.1) is 25.4 Å². The lowest BCUT2D eigenvalue weighted by molar-refractivity contribution is -0.157. The van der Waals surface area contributed by atoms with Crippen LogP contribution < -0.4 is 0 Å². The van der Waals surface area contributed by atoms with Crippen LogP contribution in [-0.2, 0) is 13.9 Å². The summed E-state index contributed by atoms with van der Waals surface area (Å²) in [7, 11) is -1.87. The highest BCUT2D eigenvalue weighted by molar-refractivity contribution is 6.74. The molecular weight excluding hydrogens is 440 g/mol. The summed E-state index contributed by atoms with van der Waals surface area (Å²) in [5, 5.41) is 11.8. The van der Waals surface area contributed by atoms with E-state index in [9.17, 15) is 5.11 Å². The molecule has 5 heteroatoms. The minimum absolute atomic E-state index is 0.146. The third-order valence-electron chi connectivity index (χ3n) is 11.5. The third-order valence-corrected chi connectivity index (χ3v) is 16.0. The predicted octanol–water partition coefficient (Wildman–Crippen LogP) is 6.30. The van der Waals surface area contributed by atoms with E-state index in [2.05, 4.69) is 46.0 Å². The minimum Gasteiger partial charge on any atom is -0.413 e. The molecular formula is C29H48O4Si. The van der Waals surface area contributed by atoms with Crippen LogP contribution in [0.5, 0.6) is 0 Å². The Labute approximate surface area is 208 Å². The number of fused-ring (bicyclic) bond motifs is 1. The molecule has 4 bridgehead atoms. The topological polar surface area (TPSA) is 47.9 Å². The molecule has 7 aliphatic rings. The molecule has 0 aromatic carbocycles. The van der Waals surface area contributed by atoms with Crippen LogP contribution in [0.1, 0.15) is 78.6 Å². The summed E-state index contributed by atoms with van der Waals surface area (Å²) in [5.74, 6) is 3.74. The minimum atomic E-state index is -1.87. The van der Waals surface area contributed by atoms with Crippen LogP contribution in [0.15, 0.2) is 12.2 Å². The van der Waals surface area contributed by atoms with Crippen molar-refractivity contribution < 1.29 is 19.0 Å². The van der Waals surface area contributed by atoms with Crippen molar-refractivity contribution in [3.8, 4) is 0 Å². The molecule has 1 heterocycles. The summed E-state index contributed by atoms with van der Waals surface area (Å²) in [6.07, 6.45) is 15.7. The van der Waals surface area contributed by atoms with E-state index in [0.29, 0.717) is 17.8 Å². The summed E-state index contributed by atoms with van der Waals surface area (Å²) in [6, 6.07) is 0. The second kappa shape index (κ2) is 8.15. The van der Waals surface area contributed by atoms with Gasteiger partial charge in [0, 0.05) is 24.2 Å². The zero-order valence-electron chi connectivity index (χ0n) is 22.2. The predicted molar refractivity (Wildman–Crippen MR) is 137 cm³/mol. The maximum atomic E-state index is 11.6. The Hall–Kier alpha value is -0.203. The lowest BCUT2D eigenvalue weighted by Gasteiger charge is -2.58. The molecule has 0 aromatic rings. The first-order valence-electron chi connectivity index (χ1n) is 14.3. The molecule has 34 heavy (non-hydrogen) atoms. The van der Waals surface area contributed by atoms with Gasteiger partial charge < -0.3 is 19.0 Å². The largest absolute Gasteiger partial charge is 0.413 e. The molecule has 0 amide bonds. The van der Waals surface area contributed by atoms with Crippen LogP contribution in [0.3, 0.4) is 0 Å². The van der Waals surface area contributed by atoms with Crippen molar-refractivity contribution in [1.29, 1.82) is 0 Å². The summed E-state index contributed by atoms with van der Waals surface area (Å²) >= 11 is 0. The van der Waals surface area contributed by atoms with Crippen molar-refractivity contribution in [3.63, 3.8) is 0 Å². The Morgan fingerprint density at radius 3 is 2.06 bits per heavy atom. The smallest absolute Gasteiger partial charge is 0.192 e. The highest BCUT2D eigenvalue weighted by atomic mass is 28.4. The average Bonchev–Trinajstić information content (AvgIpc) is 3.40. The molecule has 5 atom stereocenters. The lowest BCUT2D eigenvalue weighted by Crippen LogP contribution is -2.51. The van der Waals surface area contributed by atoms with E-state index < -0.39 is 8.32 Å². The zero-order chi connectivity index (χ0) is 23.9. The van der Waals surface area contributed by atoms with Crippen molar-refractivity contribution >= 4 is 8.32 Å². The van der Waals surface area contributed by atoms with Crippen molar-refractivity contribution in [2.75, 3.05) is 13.2 Å². The zero-order valence-corrected chi connectivity index (χ0v) is 23.2.